The number of hydrogen-bond donors (Lipinski definition) is 1. The predicted octanol–water partition coefficient (Wildman–Crippen LogP) is 2.18. The van der Waals surface area contributed by atoms with Crippen LogP contribution >= 0.6 is 0 Å². The Bertz CT molecular complexity index is 250. The third-order valence-electron chi connectivity index (χ3n) is 5.31. The Kier molecular flexibility index (Phi) is 6.11. The Hall–Kier alpha value is -0.120. The van der Waals surface area contributed by atoms with E-state index in [1.54, 1.807) is 0 Å². The molecule has 0 aliphatic carbocycles. The Balaban J connectivity index is 1.77. The summed E-state index contributed by atoms with van der Waals surface area (Å²) in [6.45, 7) is 11.2. The third-order valence-corrected chi connectivity index (χ3v) is 5.31. The molecular weight excluding hydrogens is 234 g/mol. The minimum Gasteiger partial charge on any atom is -0.315 e. The van der Waals surface area contributed by atoms with E-state index in [0.29, 0.717) is 6.04 Å². The van der Waals surface area contributed by atoms with Crippen LogP contribution < -0.4 is 5.32 Å². The standard InChI is InChI=1S/C16H33N3/c1-4-14(2)16(17-3)13-18-11-8-15(12-18)19-9-6-5-7-10-19/h14-17H,4-13H2,1-3H3. The zero-order chi connectivity index (χ0) is 13.7. The van der Waals surface area contributed by atoms with E-state index < -0.39 is 0 Å². The van der Waals surface area contributed by atoms with Crippen molar-refractivity contribution < 1.29 is 0 Å². The topological polar surface area (TPSA) is 18.5 Å². The second-order valence-electron chi connectivity index (χ2n) is 6.58. The molecule has 0 aromatic heterocycles. The van der Waals surface area contributed by atoms with Crippen molar-refractivity contribution in [3.8, 4) is 0 Å². The fraction of sp³-hybridized carbons (Fsp3) is 1.00. The van der Waals surface area contributed by atoms with Gasteiger partial charge in [-0.3, -0.25) is 4.90 Å². The van der Waals surface area contributed by atoms with Gasteiger partial charge in [-0.1, -0.05) is 26.7 Å². The van der Waals surface area contributed by atoms with Gasteiger partial charge in [0.2, 0.25) is 0 Å². The summed E-state index contributed by atoms with van der Waals surface area (Å²) in [5.74, 6) is 0.777. The number of likely N-dealkylation sites (N-methyl/N-ethyl adjacent to an activating group) is 1. The van der Waals surface area contributed by atoms with E-state index in [1.165, 1.54) is 64.8 Å². The molecule has 0 aromatic rings. The molecule has 0 aromatic carbocycles. The lowest BCUT2D eigenvalue weighted by Crippen LogP contribution is -2.45. The molecule has 0 radical (unpaired) electrons. The van der Waals surface area contributed by atoms with Crippen molar-refractivity contribution in [3.63, 3.8) is 0 Å². The maximum absolute atomic E-state index is 3.52. The molecule has 0 spiro atoms. The molecule has 3 heteroatoms. The molecule has 19 heavy (non-hydrogen) atoms. The van der Waals surface area contributed by atoms with Crippen LogP contribution in [-0.4, -0.2) is 61.7 Å². The van der Waals surface area contributed by atoms with Gasteiger partial charge in [-0.2, -0.15) is 0 Å². The number of rotatable bonds is 6. The molecule has 2 aliphatic rings. The van der Waals surface area contributed by atoms with Crippen LogP contribution in [-0.2, 0) is 0 Å². The number of piperidine rings is 1. The smallest absolute Gasteiger partial charge is 0.0235 e. The molecule has 3 atom stereocenters. The maximum Gasteiger partial charge on any atom is 0.0235 e. The highest BCUT2D eigenvalue weighted by molar-refractivity contribution is 4.87. The molecule has 2 heterocycles. The lowest BCUT2D eigenvalue weighted by atomic mass is 9.99. The van der Waals surface area contributed by atoms with Crippen LogP contribution in [0.2, 0.25) is 0 Å². The van der Waals surface area contributed by atoms with Crippen molar-refractivity contribution in [2.24, 2.45) is 5.92 Å². The van der Waals surface area contributed by atoms with E-state index in [2.05, 4.69) is 36.0 Å². The third kappa shape index (κ3) is 4.17. The number of nitrogens with zero attached hydrogens (tertiary/aromatic N) is 2. The van der Waals surface area contributed by atoms with Gasteiger partial charge in [-0.25, -0.2) is 0 Å². The largest absolute Gasteiger partial charge is 0.315 e. The molecule has 2 fully saturated rings. The highest BCUT2D eigenvalue weighted by Crippen LogP contribution is 2.21. The van der Waals surface area contributed by atoms with Gasteiger partial charge in [-0.05, 0) is 51.9 Å². The van der Waals surface area contributed by atoms with Gasteiger partial charge in [-0.15, -0.1) is 0 Å². The summed E-state index contributed by atoms with van der Waals surface area (Å²) in [7, 11) is 2.12. The number of hydrogen-bond acceptors (Lipinski definition) is 3. The maximum atomic E-state index is 3.52. The van der Waals surface area contributed by atoms with Crippen LogP contribution in [0.1, 0.15) is 46.0 Å². The van der Waals surface area contributed by atoms with E-state index in [9.17, 15) is 0 Å². The lowest BCUT2D eigenvalue weighted by molar-refractivity contribution is 0.157. The Labute approximate surface area is 119 Å². The fourth-order valence-corrected chi connectivity index (χ4v) is 3.68. The van der Waals surface area contributed by atoms with Gasteiger partial charge in [0.25, 0.3) is 0 Å². The summed E-state index contributed by atoms with van der Waals surface area (Å²) in [6, 6.07) is 1.50. The highest BCUT2D eigenvalue weighted by Gasteiger charge is 2.29. The molecule has 0 amide bonds. The second-order valence-corrected chi connectivity index (χ2v) is 6.58. The first kappa shape index (κ1) is 15.3. The fourth-order valence-electron chi connectivity index (χ4n) is 3.68. The number of likely N-dealkylation sites (tertiary alicyclic amines) is 2. The summed E-state index contributed by atoms with van der Waals surface area (Å²) in [5, 5.41) is 3.52. The van der Waals surface area contributed by atoms with Crippen LogP contribution in [0.3, 0.4) is 0 Å². The van der Waals surface area contributed by atoms with Gasteiger partial charge < -0.3 is 10.2 Å². The Morgan fingerprint density at radius 3 is 2.53 bits per heavy atom. The van der Waals surface area contributed by atoms with Crippen LogP contribution in [0, 0.1) is 5.92 Å². The first-order valence-corrected chi connectivity index (χ1v) is 8.38. The average molecular weight is 267 g/mol. The minimum absolute atomic E-state index is 0.658. The van der Waals surface area contributed by atoms with Gasteiger partial charge in [0.1, 0.15) is 0 Å². The van der Waals surface area contributed by atoms with Crippen molar-refractivity contribution in [1.82, 2.24) is 15.1 Å². The minimum atomic E-state index is 0.658. The van der Waals surface area contributed by atoms with Crippen LogP contribution in [0.4, 0.5) is 0 Å². The molecule has 0 saturated carbocycles. The van der Waals surface area contributed by atoms with E-state index in [4.69, 9.17) is 0 Å². The summed E-state index contributed by atoms with van der Waals surface area (Å²) < 4.78 is 0. The molecule has 2 saturated heterocycles. The summed E-state index contributed by atoms with van der Waals surface area (Å²) in [4.78, 5) is 5.44. The second kappa shape index (κ2) is 7.61. The molecule has 112 valence electrons. The van der Waals surface area contributed by atoms with Crippen molar-refractivity contribution in [2.75, 3.05) is 39.8 Å². The average Bonchev–Trinajstić information content (AvgIpc) is 2.93. The predicted molar refractivity (Wildman–Crippen MR) is 82.6 cm³/mol. The van der Waals surface area contributed by atoms with Crippen molar-refractivity contribution in [1.29, 1.82) is 0 Å². The highest BCUT2D eigenvalue weighted by atomic mass is 15.3. The number of nitrogens with one attached hydrogen (secondary N) is 1. The van der Waals surface area contributed by atoms with Gasteiger partial charge in [0.05, 0.1) is 0 Å². The normalized spacial score (nSPS) is 29.5. The van der Waals surface area contributed by atoms with E-state index in [1.807, 2.05) is 0 Å². The molecule has 0 bridgehead atoms. The molecule has 2 aliphatic heterocycles. The monoisotopic (exact) mass is 267 g/mol. The first-order valence-electron chi connectivity index (χ1n) is 8.38. The molecular formula is C16H33N3. The van der Waals surface area contributed by atoms with Gasteiger partial charge >= 0.3 is 0 Å². The molecule has 2 rings (SSSR count). The van der Waals surface area contributed by atoms with Gasteiger partial charge in [0, 0.05) is 25.2 Å². The van der Waals surface area contributed by atoms with Crippen molar-refractivity contribution >= 4 is 0 Å². The molecule has 3 unspecified atom stereocenters. The van der Waals surface area contributed by atoms with Gasteiger partial charge in [0.15, 0.2) is 0 Å². The SMILES string of the molecule is CCC(C)C(CN1CCC(N2CCCCC2)C1)NC. The van der Waals surface area contributed by atoms with E-state index in [0.717, 1.165) is 12.0 Å². The van der Waals surface area contributed by atoms with Crippen LogP contribution in [0.25, 0.3) is 0 Å². The summed E-state index contributed by atoms with van der Waals surface area (Å²) >= 11 is 0. The molecule has 3 nitrogen and oxygen atoms in total. The van der Waals surface area contributed by atoms with Crippen molar-refractivity contribution in [2.45, 2.75) is 58.0 Å². The quantitative estimate of drug-likeness (QED) is 0.796. The lowest BCUT2D eigenvalue weighted by Gasteiger charge is -2.33. The van der Waals surface area contributed by atoms with Crippen LogP contribution in [0.5, 0.6) is 0 Å². The zero-order valence-corrected chi connectivity index (χ0v) is 13.2. The van der Waals surface area contributed by atoms with Crippen molar-refractivity contribution in [3.05, 3.63) is 0 Å². The first-order chi connectivity index (χ1) is 9.24. The summed E-state index contributed by atoms with van der Waals surface area (Å²) in [6.07, 6.45) is 6.94. The van der Waals surface area contributed by atoms with E-state index >= 15 is 0 Å². The summed E-state index contributed by atoms with van der Waals surface area (Å²) in [5.41, 5.74) is 0. The Morgan fingerprint density at radius 1 is 1.16 bits per heavy atom. The zero-order valence-electron chi connectivity index (χ0n) is 13.2. The van der Waals surface area contributed by atoms with E-state index in [-0.39, 0.29) is 0 Å². The molecule has 1 N–H and O–H groups in total. The van der Waals surface area contributed by atoms with Crippen LogP contribution in [0.15, 0.2) is 0 Å². The Morgan fingerprint density at radius 2 is 1.89 bits per heavy atom.